The van der Waals surface area contributed by atoms with Gasteiger partial charge in [-0.2, -0.15) is 0 Å². The second-order valence-electron chi connectivity index (χ2n) is 10.6. The van der Waals surface area contributed by atoms with Crippen LogP contribution < -0.4 is 43.3 Å². The van der Waals surface area contributed by atoms with E-state index in [9.17, 15) is 0 Å². The third-order valence-corrected chi connectivity index (χ3v) is 12.8. The van der Waals surface area contributed by atoms with E-state index in [2.05, 4.69) is 170 Å². The van der Waals surface area contributed by atoms with Crippen molar-refractivity contribution in [2.45, 2.75) is 12.0 Å². The van der Waals surface area contributed by atoms with E-state index in [-0.39, 0.29) is 0 Å². The van der Waals surface area contributed by atoms with Crippen molar-refractivity contribution in [3.8, 4) is 0 Å². The van der Waals surface area contributed by atoms with Gasteiger partial charge in [-0.15, -0.1) is 0 Å². The van der Waals surface area contributed by atoms with Crippen LogP contribution in [0.2, 0.25) is 0 Å². The number of hydrogen-bond acceptors (Lipinski definition) is 2. The SMILES string of the molecule is NCCC(N)(c1ccccc1P(c1ccccc1)c1ccccc1)c1ccccc1P(c1ccccc1)c1ccccc1. The van der Waals surface area contributed by atoms with Crippen LogP contribution >= 0.6 is 15.8 Å². The number of benzene rings is 6. The Labute approximate surface area is 257 Å². The zero-order valence-electron chi connectivity index (χ0n) is 24.1. The molecule has 0 saturated heterocycles. The summed E-state index contributed by atoms with van der Waals surface area (Å²) in [6.45, 7) is 0.475. The van der Waals surface area contributed by atoms with E-state index in [1.807, 2.05) is 0 Å². The van der Waals surface area contributed by atoms with Crippen molar-refractivity contribution in [1.29, 1.82) is 0 Å². The van der Waals surface area contributed by atoms with Crippen molar-refractivity contribution in [3.63, 3.8) is 0 Å². The van der Waals surface area contributed by atoms with Gasteiger partial charge in [0.15, 0.2) is 0 Å². The average molecular weight is 595 g/mol. The van der Waals surface area contributed by atoms with Crippen LogP contribution in [0.4, 0.5) is 0 Å². The summed E-state index contributed by atoms with van der Waals surface area (Å²) >= 11 is 0. The van der Waals surface area contributed by atoms with E-state index in [1.54, 1.807) is 0 Å². The molecule has 4 N–H and O–H groups in total. The average Bonchev–Trinajstić information content (AvgIpc) is 3.08. The summed E-state index contributed by atoms with van der Waals surface area (Å²) in [5, 5.41) is 7.74. The fourth-order valence-corrected chi connectivity index (χ4v) is 11.0. The topological polar surface area (TPSA) is 52.0 Å². The molecule has 0 atom stereocenters. The van der Waals surface area contributed by atoms with Crippen LogP contribution in [0, 0.1) is 0 Å². The van der Waals surface area contributed by atoms with Gasteiger partial charge in [-0.3, -0.25) is 0 Å². The lowest BCUT2D eigenvalue weighted by Gasteiger charge is -2.37. The molecule has 0 amide bonds. The molecular formula is C39H36N2P2. The van der Waals surface area contributed by atoms with Crippen LogP contribution in [0.15, 0.2) is 170 Å². The molecule has 0 aliphatic heterocycles. The van der Waals surface area contributed by atoms with Gasteiger partial charge in [0, 0.05) is 0 Å². The predicted octanol–water partition coefficient (Wildman–Crippen LogP) is 5.75. The molecule has 0 fully saturated rings. The summed E-state index contributed by atoms with van der Waals surface area (Å²) in [5.41, 5.74) is 15.7. The fourth-order valence-electron chi connectivity index (χ4n) is 5.90. The molecule has 0 saturated carbocycles. The first-order valence-electron chi connectivity index (χ1n) is 14.7. The Bertz CT molecular complexity index is 1540. The molecule has 0 radical (unpaired) electrons. The Morgan fingerprint density at radius 2 is 0.674 bits per heavy atom. The first kappa shape index (κ1) is 29.2. The summed E-state index contributed by atoms with van der Waals surface area (Å²) in [7, 11) is -1.72. The molecular weight excluding hydrogens is 558 g/mol. The number of hydrogen-bond donors (Lipinski definition) is 2. The van der Waals surface area contributed by atoms with Gasteiger partial charge in [-0.05, 0) is 71.8 Å². The molecule has 0 spiro atoms. The highest BCUT2D eigenvalue weighted by Crippen LogP contribution is 2.42. The third kappa shape index (κ3) is 6.12. The minimum atomic E-state index is -0.860. The molecule has 212 valence electrons. The molecule has 0 aliphatic carbocycles. The van der Waals surface area contributed by atoms with Gasteiger partial charge in [0.1, 0.15) is 0 Å². The molecule has 6 rings (SSSR count). The summed E-state index contributed by atoms with van der Waals surface area (Å²) in [4.78, 5) is 0. The van der Waals surface area contributed by atoms with E-state index >= 15 is 0 Å². The lowest BCUT2D eigenvalue weighted by atomic mass is 9.81. The second kappa shape index (κ2) is 13.6. The Morgan fingerprint density at radius 3 is 0.977 bits per heavy atom. The molecule has 2 nitrogen and oxygen atoms in total. The quantitative estimate of drug-likeness (QED) is 0.199. The van der Waals surface area contributed by atoms with Gasteiger partial charge in [0.05, 0.1) is 5.54 Å². The van der Waals surface area contributed by atoms with E-state index in [1.165, 1.54) is 31.8 Å². The molecule has 0 bridgehead atoms. The van der Waals surface area contributed by atoms with Crippen LogP contribution in [0.1, 0.15) is 17.5 Å². The van der Waals surface area contributed by atoms with Gasteiger partial charge in [0.2, 0.25) is 0 Å². The Hall–Kier alpha value is -3.90. The zero-order chi connectivity index (χ0) is 29.5. The predicted molar refractivity (Wildman–Crippen MR) is 189 cm³/mol. The van der Waals surface area contributed by atoms with Crippen LogP contribution in [0.5, 0.6) is 0 Å². The summed E-state index contributed by atoms with van der Waals surface area (Å²) < 4.78 is 0. The van der Waals surface area contributed by atoms with Crippen molar-refractivity contribution in [2.75, 3.05) is 6.54 Å². The largest absolute Gasteiger partial charge is 0.330 e. The van der Waals surface area contributed by atoms with Crippen molar-refractivity contribution < 1.29 is 0 Å². The summed E-state index contributed by atoms with van der Waals surface area (Å²) in [6, 6.07) is 60.9. The van der Waals surface area contributed by atoms with Crippen LogP contribution in [0.3, 0.4) is 0 Å². The highest BCUT2D eigenvalue weighted by Gasteiger charge is 2.37. The van der Waals surface area contributed by atoms with Crippen molar-refractivity contribution >= 4 is 47.7 Å². The van der Waals surface area contributed by atoms with Gasteiger partial charge >= 0.3 is 0 Å². The molecule has 6 aromatic carbocycles. The molecule has 4 heteroatoms. The molecule has 0 aromatic heterocycles. The van der Waals surface area contributed by atoms with Gasteiger partial charge in [-0.1, -0.05) is 170 Å². The zero-order valence-corrected chi connectivity index (χ0v) is 25.9. The van der Waals surface area contributed by atoms with E-state index in [0.717, 1.165) is 11.1 Å². The third-order valence-electron chi connectivity index (χ3n) is 7.85. The maximum atomic E-state index is 7.78. The van der Waals surface area contributed by atoms with Crippen LogP contribution in [-0.2, 0) is 5.54 Å². The number of rotatable bonds is 10. The van der Waals surface area contributed by atoms with E-state index in [4.69, 9.17) is 11.5 Å². The second-order valence-corrected chi connectivity index (χ2v) is 14.9. The monoisotopic (exact) mass is 594 g/mol. The normalized spacial score (nSPS) is 11.6. The molecule has 0 unspecified atom stereocenters. The highest BCUT2D eigenvalue weighted by molar-refractivity contribution is 7.80. The minimum absolute atomic E-state index is 0.475. The lowest BCUT2D eigenvalue weighted by Crippen LogP contribution is -2.47. The Morgan fingerprint density at radius 1 is 0.395 bits per heavy atom. The molecule has 43 heavy (non-hydrogen) atoms. The summed E-state index contributed by atoms with van der Waals surface area (Å²) in [6.07, 6.45) is 0.626. The fraction of sp³-hybridized carbons (Fsp3) is 0.0769. The van der Waals surface area contributed by atoms with Gasteiger partial charge < -0.3 is 11.5 Å². The molecule has 0 heterocycles. The van der Waals surface area contributed by atoms with Crippen LogP contribution in [0.25, 0.3) is 0 Å². The highest BCUT2D eigenvalue weighted by atomic mass is 31.1. The summed E-state index contributed by atoms with van der Waals surface area (Å²) in [5.74, 6) is 0. The molecule has 0 aliphatic rings. The van der Waals surface area contributed by atoms with E-state index < -0.39 is 21.4 Å². The lowest BCUT2D eigenvalue weighted by molar-refractivity contribution is 0.505. The van der Waals surface area contributed by atoms with Crippen molar-refractivity contribution in [3.05, 3.63) is 181 Å². The standard InChI is InChI=1S/C39H36N2P2/c40-30-29-39(41,35-25-13-15-27-37(35)42(31-17-5-1-6-18-31)32-19-7-2-8-20-32)36-26-14-16-28-38(36)43(33-21-9-3-10-22-33)34-23-11-4-12-24-34/h1-28H,29-30,40-41H2. The number of nitrogens with two attached hydrogens (primary N) is 2. The van der Waals surface area contributed by atoms with Crippen LogP contribution in [-0.4, -0.2) is 6.54 Å². The van der Waals surface area contributed by atoms with E-state index in [0.29, 0.717) is 13.0 Å². The maximum Gasteiger partial charge on any atom is 0.0690 e. The smallest absolute Gasteiger partial charge is 0.0690 e. The van der Waals surface area contributed by atoms with Gasteiger partial charge in [-0.25, -0.2) is 0 Å². The first-order valence-corrected chi connectivity index (χ1v) is 17.4. The Kier molecular flexibility index (Phi) is 9.23. The van der Waals surface area contributed by atoms with Gasteiger partial charge in [0.25, 0.3) is 0 Å². The Balaban J connectivity index is 1.59. The first-order chi connectivity index (χ1) is 21.2. The van der Waals surface area contributed by atoms with Crippen molar-refractivity contribution in [2.24, 2.45) is 11.5 Å². The minimum Gasteiger partial charge on any atom is -0.330 e. The maximum absolute atomic E-state index is 7.78. The van der Waals surface area contributed by atoms with Crippen molar-refractivity contribution in [1.82, 2.24) is 0 Å². The molecule has 6 aromatic rings.